The van der Waals surface area contributed by atoms with Gasteiger partial charge in [0.2, 0.25) is 0 Å². The van der Waals surface area contributed by atoms with Gasteiger partial charge in [0.15, 0.2) is 12.3 Å². The Balaban J connectivity index is 2.03. The number of hydroxylamine groups is 8. The molecule has 0 aromatic rings. The van der Waals surface area contributed by atoms with Crippen LogP contribution < -0.4 is 10.1 Å². The fraction of sp³-hybridized carbons (Fsp3) is 0.700. The summed E-state index contributed by atoms with van der Waals surface area (Å²) in [5, 5.41) is 51.5. The second kappa shape index (κ2) is 7.30. The molecule has 2 saturated heterocycles. The van der Waals surface area contributed by atoms with Crippen molar-refractivity contribution >= 4 is 0 Å². The third kappa shape index (κ3) is 3.28. The Labute approximate surface area is 168 Å². The van der Waals surface area contributed by atoms with E-state index in [-0.39, 0.29) is 10.1 Å². The zero-order valence-electron chi connectivity index (χ0n) is 18.1. The van der Waals surface area contributed by atoms with E-state index >= 15 is 0 Å². The molecule has 2 fully saturated rings. The van der Waals surface area contributed by atoms with Crippen LogP contribution in [0.4, 0.5) is 0 Å². The van der Waals surface area contributed by atoms with Crippen LogP contribution in [0.15, 0.2) is 36.5 Å². The quantitative estimate of drug-likeness (QED) is 0.536. The fourth-order valence-electron chi connectivity index (χ4n) is 3.60. The zero-order valence-corrected chi connectivity index (χ0v) is 18.1. The van der Waals surface area contributed by atoms with Gasteiger partial charge < -0.3 is 20.5 Å². The molecule has 2 N–H and O–H groups in total. The molecule has 158 valence electrons. The number of nitrogens with zero attached hydrogens (tertiary/aromatic N) is 2. The van der Waals surface area contributed by atoms with Crippen LogP contribution in [0, 0.1) is 10.4 Å². The first-order valence-electron chi connectivity index (χ1n) is 9.65. The molecule has 4 atom stereocenters. The van der Waals surface area contributed by atoms with Crippen LogP contribution in [0.25, 0.3) is 0 Å². The Kier molecular flexibility index (Phi) is 6.04. The highest BCUT2D eigenvalue weighted by Crippen LogP contribution is 2.32. The molecule has 8 nitrogen and oxygen atoms in total. The first-order valence-corrected chi connectivity index (χ1v) is 9.65. The third-order valence-electron chi connectivity index (χ3n) is 7.36. The lowest BCUT2D eigenvalue weighted by molar-refractivity contribution is -0.913. The van der Waals surface area contributed by atoms with Crippen LogP contribution in [0.2, 0.25) is 0 Å². The summed E-state index contributed by atoms with van der Waals surface area (Å²) in [5.74, 6) is 0. The van der Waals surface area contributed by atoms with E-state index in [2.05, 4.69) is 0 Å². The Morgan fingerprint density at radius 3 is 1.14 bits per heavy atom. The van der Waals surface area contributed by atoms with E-state index in [1.165, 1.54) is 0 Å². The van der Waals surface area contributed by atoms with Crippen LogP contribution in [-0.2, 0) is 10.4 Å². The number of rotatable bonds is 4. The molecular formula is C20H34N4O4. The lowest BCUT2D eigenvalue weighted by Gasteiger charge is -2.38. The smallest absolute Gasteiger partial charge is 0.189 e. The normalized spacial score (nSPS) is 37.7. The summed E-state index contributed by atoms with van der Waals surface area (Å²) < 4.78 is 0. The third-order valence-corrected chi connectivity index (χ3v) is 7.36. The largest absolute Gasteiger partial charge is 0.632 e. The molecule has 0 aromatic heterocycles. The van der Waals surface area contributed by atoms with Gasteiger partial charge >= 0.3 is 0 Å². The lowest BCUT2D eigenvalue weighted by Crippen LogP contribution is -3.17. The Bertz CT molecular complexity index is 573. The average Bonchev–Trinajstić information content (AvgIpc) is 2.78. The van der Waals surface area contributed by atoms with Gasteiger partial charge in [0.05, 0.1) is 0 Å². The molecule has 2 radical (unpaired) electrons. The minimum atomic E-state index is -0.811. The van der Waals surface area contributed by atoms with Gasteiger partial charge in [-0.3, -0.25) is 0 Å². The van der Waals surface area contributed by atoms with Gasteiger partial charge in [0, 0.05) is 0 Å². The molecule has 0 bridgehead atoms. The van der Waals surface area contributed by atoms with Gasteiger partial charge in [-0.15, -0.1) is 10.4 Å². The van der Waals surface area contributed by atoms with Crippen molar-refractivity contribution in [1.82, 2.24) is 10.1 Å². The zero-order chi connectivity index (χ0) is 21.7. The van der Waals surface area contributed by atoms with E-state index in [1.807, 2.05) is 0 Å². The van der Waals surface area contributed by atoms with Gasteiger partial charge in [-0.2, -0.15) is 0 Å². The van der Waals surface area contributed by atoms with E-state index in [0.717, 1.165) is 10.1 Å². The van der Waals surface area contributed by atoms with E-state index in [1.54, 1.807) is 91.8 Å². The maximum atomic E-state index is 12.5. The number of hydrogen-bond donors (Lipinski definition) is 2. The lowest BCUT2D eigenvalue weighted by atomic mass is 9.84. The molecule has 0 saturated carbocycles. The average molecular weight is 395 g/mol. The summed E-state index contributed by atoms with van der Waals surface area (Å²) >= 11 is 0. The maximum Gasteiger partial charge on any atom is 0.189 e. The highest BCUT2D eigenvalue weighted by atomic mass is 16.6. The van der Waals surface area contributed by atoms with Crippen molar-refractivity contribution in [2.75, 3.05) is 0 Å². The van der Waals surface area contributed by atoms with Gasteiger partial charge in [-0.1, -0.05) is 34.4 Å². The predicted octanol–water partition coefficient (Wildman–Crippen LogP) is 0.509. The van der Waals surface area contributed by atoms with E-state index < -0.39 is 34.5 Å². The van der Waals surface area contributed by atoms with E-state index in [4.69, 9.17) is 0 Å². The molecule has 2 heterocycles. The maximum absolute atomic E-state index is 12.5. The van der Waals surface area contributed by atoms with Crippen molar-refractivity contribution in [3.8, 4) is 0 Å². The molecule has 0 aromatic carbocycles. The molecule has 2 rings (SSSR count). The second-order valence-electron chi connectivity index (χ2n) is 9.79. The standard InChI is InChI=1S/C20H34N4O4/c1-17(2)18(3,4)22(26)15(21(17)25)13-11-9-10-12-14-16-23(27)19(5,6)20(7,8)24(16)28/h9-16,21,23H,1-8H3/b10-9+,13-11+,14-12+. The van der Waals surface area contributed by atoms with Crippen molar-refractivity contribution in [2.45, 2.75) is 89.9 Å². The highest BCUT2D eigenvalue weighted by molar-refractivity contribution is 5.15. The predicted molar refractivity (Wildman–Crippen MR) is 105 cm³/mol. The van der Waals surface area contributed by atoms with Crippen LogP contribution in [0.3, 0.4) is 0 Å². The van der Waals surface area contributed by atoms with Crippen LogP contribution in [0.5, 0.6) is 0 Å². The molecule has 2 aliphatic heterocycles. The molecule has 4 unspecified atom stereocenters. The Morgan fingerprint density at radius 2 is 0.929 bits per heavy atom. The van der Waals surface area contributed by atoms with Crippen molar-refractivity contribution < 1.29 is 20.5 Å². The molecule has 8 heteroatoms. The minimum Gasteiger partial charge on any atom is -0.632 e. The number of allylic oxidation sites excluding steroid dienone is 4. The van der Waals surface area contributed by atoms with Gasteiger partial charge in [0.25, 0.3) is 0 Å². The highest BCUT2D eigenvalue weighted by Gasteiger charge is 2.60. The number of hydrogen-bond acceptors (Lipinski definition) is 4. The monoisotopic (exact) mass is 394 g/mol. The Morgan fingerprint density at radius 1 is 0.643 bits per heavy atom. The SMILES string of the molecule is CC1(C)N([O])C(/C=C/C=C/C=C/C2N([O])C(C)(C)C(C)(C)[NH+]2[O-])[NH+]([O-])C1(C)C. The first-order chi connectivity index (χ1) is 12.6. The first kappa shape index (κ1) is 23.2. The summed E-state index contributed by atoms with van der Waals surface area (Å²) in [4.78, 5) is 0. The van der Waals surface area contributed by atoms with Crippen LogP contribution in [-0.4, -0.2) is 44.6 Å². The van der Waals surface area contributed by atoms with Crippen molar-refractivity contribution in [3.05, 3.63) is 46.9 Å². The molecule has 28 heavy (non-hydrogen) atoms. The van der Waals surface area contributed by atoms with Crippen molar-refractivity contribution in [2.24, 2.45) is 0 Å². The van der Waals surface area contributed by atoms with Crippen LogP contribution >= 0.6 is 0 Å². The van der Waals surface area contributed by atoms with Crippen molar-refractivity contribution in [1.29, 1.82) is 0 Å². The van der Waals surface area contributed by atoms with Crippen LogP contribution in [0.1, 0.15) is 55.4 Å². The molecule has 2 aliphatic rings. The molecule has 0 spiro atoms. The summed E-state index contributed by atoms with van der Waals surface area (Å²) in [6.07, 6.45) is 8.21. The molecule has 0 aliphatic carbocycles. The topological polar surface area (TPSA) is 101 Å². The summed E-state index contributed by atoms with van der Waals surface area (Å²) in [6, 6.07) is 0. The van der Waals surface area contributed by atoms with E-state index in [0.29, 0.717) is 0 Å². The summed E-state index contributed by atoms with van der Waals surface area (Å²) in [7, 11) is 0. The molecular weight excluding hydrogens is 360 g/mol. The fourth-order valence-corrected chi connectivity index (χ4v) is 3.60. The summed E-state index contributed by atoms with van der Waals surface area (Å²) in [6.45, 7) is 14.3. The minimum absolute atomic E-state index is 0.101. The van der Waals surface area contributed by atoms with Gasteiger partial charge in [-0.05, 0) is 67.5 Å². The van der Waals surface area contributed by atoms with Gasteiger partial charge in [-0.25, -0.2) is 0 Å². The molecule has 0 amide bonds. The van der Waals surface area contributed by atoms with E-state index in [9.17, 15) is 20.8 Å². The second-order valence-corrected chi connectivity index (χ2v) is 9.79. The number of quaternary nitrogens is 2. The van der Waals surface area contributed by atoms with Gasteiger partial charge in [0.1, 0.15) is 22.2 Å². The van der Waals surface area contributed by atoms with Crippen molar-refractivity contribution in [3.63, 3.8) is 0 Å². The summed E-state index contributed by atoms with van der Waals surface area (Å²) in [5.41, 5.74) is -3.01. The Hall–Kier alpha value is -1.10. The number of nitrogens with one attached hydrogen (secondary N) is 2.